The van der Waals surface area contributed by atoms with Crippen molar-refractivity contribution in [3.8, 4) is 5.75 Å². The minimum atomic E-state index is 0.624. The fourth-order valence-corrected chi connectivity index (χ4v) is 2.72. The van der Waals surface area contributed by atoms with Crippen molar-refractivity contribution >= 4 is 11.0 Å². The van der Waals surface area contributed by atoms with Crippen LogP contribution in [0.2, 0.25) is 0 Å². The zero-order valence-electron chi connectivity index (χ0n) is 13.5. The van der Waals surface area contributed by atoms with Crippen LogP contribution in [0, 0.1) is 6.92 Å². The van der Waals surface area contributed by atoms with E-state index in [1.807, 2.05) is 24.3 Å². The van der Waals surface area contributed by atoms with E-state index in [2.05, 4.69) is 35.8 Å². The molecule has 4 heteroatoms. The van der Waals surface area contributed by atoms with Gasteiger partial charge in [0, 0.05) is 6.42 Å². The van der Waals surface area contributed by atoms with E-state index < -0.39 is 0 Å². The molecule has 0 radical (unpaired) electrons. The molecule has 2 aromatic carbocycles. The molecule has 0 aliphatic carbocycles. The van der Waals surface area contributed by atoms with Crippen LogP contribution >= 0.6 is 0 Å². The summed E-state index contributed by atoms with van der Waals surface area (Å²) >= 11 is 0. The van der Waals surface area contributed by atoms with E-state index in [9.17, 15) is 0 Å². The van der Waals surface area contributed by atoms with Crippen LogP contribution in [0.1, 0.15) is 17.8 Å². The molecule has 0 unspecified atom stereocenters. The zero-order chi connectivity index (χ0) is 16.1. The van der Waals surface area contributed by atoms with Crippen molar-refractivity contribution in [3.63, 3.8) is 0 Å². The van der Waals surface area contributed by atoms with Crippen LogP contribution in [0.5, 0.6) is 5.75 Å². The fourth-order valence-electron chi connectivity index (χ4n) is 2.72. The third-order valence-corrected chi connectivity index (χ3v) is 3.94. The van der Waals surface area contributed by atoms with Crippen LogP contribution in [0.25, 0.3) is 11.0 Å². The largest absolute Gasteiger partial charge is 0.492 e. The van der Waals surface area contributed by atoms with Gasteiger partial charge in [0.15, 0.2) is 0 Å². The predicted molar refractivity (Wildman–Crippen MR) is 93.8 cm³/mol. The Bertz CT molecular complexity index is 762. The van der Waals surface area contributed by atoms with Crippen LogP contribution < -0.4 is 10.5 Å². The van der Waals surface area contributed by atoms with Crippen LogP contribution in [-0.2, 0) is 13.0 Å². The van der Waals surface area contributed by atoms with Gasteiger partial charge in [-0.2, -0.15) is 0 Å². The van der Waals surface area contributed by atoms with E-state index in [1.165, 1.54) is 5.56 Å². The topological polar surface area (TPSA) is 53.1 Å². The number of para-hydroxylation sites is 2. The van der Waals surface area contributed by atoms with E-state index in [0.717, 1.165) is 42.0 Å². The number of benzene rings is 2. The predicted octanol–water partition coefficient (Wildman–Crippen LogP) is 3.32. The van der Waals surface area contributed by atoms with Gasteiger partial charge in [0.25, 0.3) is 0 Å². The number of nitrogens with zero attached hydrogens (tertiary/aromatic N) is 2. The molecule has 1 aromatic heterocycles. The molecule has 0 saturated heterocycles. The molecule has 0 bridgehead atoms. The Morgan fingerprint density at radius 2 is 1.87 bits per heavy atom. The molecule has 2 N–H and O–H groups in total. The van der Waals surface area contributed by atoms with Crippen LogP contribution in [0.15, 0.2) is 48.5 Å². The van der Waals surface area contributed by atoms with Gasteiger partial charge in [0.2, 0.25) is 0 Å². The second-order valence-corrected chi connectivity index (χ2v) is 5.72. The maximum absolute atomic E-state index is 5.87. The first-order valence-corrected chi connectivity index (χ1v) is 8.11. The van der Waals surface area contributed by atoms with Gasteiger partial charge >= 0.3 is 0 Å². The Kier molecular flexibility index (Phi) is 4.93. The average Bonchev–Trinajstić information content (AvgIpc) is 2.93. The Morgan fingerprint density at radius 3 is 2.65 bits per heavy atom. The van der Waals surface area contributed by atoms with Gasteiger partial charge in [-0.1, -0.05) is 29.8 Å². The fraction of sp³-hybridized carbons (Fsp3) is 0.316. The molecule has 0 fully saturated rings. The third-order valence-electron chi connectivity index (χ3n) is 3.94. The Balaban J connectivity index is 1.73. The lowest BCUT2D eigenvalue weighted by Crippen LogP contribution is -2.12. The zero-order valence-corrected chi connectivity index (χ0v) is 13.5. The smallest absolute Gasteiger partial charge is 0.119 e. The highest BCUT2D eigenvalue weighted by Gasteiger charge is 2.09. The maximum atomic E-state index is 5.87. The number of imidazole rings is 1. The lowest BCUT2D eigenvalue weighted by atomic mass is 10.2. The summed E-state index contributed by atoms with van der Waals surface area (Å²) in [5.74, 6) is 1.99. The van der Waals surface area contributed by atoms with Gasteiger partial charge in [-0.3, -0.25) is 0 Å². The second-order valence-electron chi connectivity index (χ2n) is 5.72. The molecule has 3 aromatic rings. The lowest BCUT2D eigenvalue weighted by Gasteiger charge is -2.11. The highest BCUT2D eigenvalue weighted by atomic mass is 16.5. The number of ether oxygens (including phenoxy) is 1. The number of aryl methyl sites for hydroxylation is 2. The van der Waals surface area contributed by atoms with E-state index in [-0.39, 0.29) is 0 Å². The van der Waals surface area contributed by atoms with Gasteiger partial charge in [0.1, 0.15) is 18.2 Å². The maximum Gasteiger partial charge on any atom is 0.119 e. The van der Waals surface area contributed by atoms with Crippen molar-refractivity contribution in [1.29, 1.82) is 0 Å². The van der Waals surface area contributed by atoms with Gasteiger partial charge in [0.05, 0.1) is 17.6 Å². The number of rotatable bonds is 7. The quantitative estimate of drug-likeness (QED) is 0.728. The van der Waals surface area contributed by atoms with Crippen molar-refractivity contribution in [3.05, 3.63) is 59.9 Å². The molecule has 120 valence electrons. The van der Waals surface area contributed by atoms with Crippen molar-refractivity contribution in [2.24, 2.45) is 5.73 Å². The summed E-state index contributed by atoms with van der Waals surface area (Å²) in [4.78, 5) is 4.74. The minimum absolute atomic E-state index is 0.624. The summed E-state index contributed by atoms with van der Waals surface area (Å²) < 4.78 is 8.12. The first-order valence-electron chi connectivity index (χ1n) is 8.11. The Morgan fingerprint density at radius 1 is 1.09 bits per heavy atom. The van der Waals surface area contributed by atoms with Gasteiger partial charge in [-0.15, -0.1) is 0 Å². The average molecular weight is 309 g/mol. The monoisotopic (exact) mass is 309 g/mol. The van der Waals surface area contributed by atoms with Gasteiger partial charge < -0.3 is 15.0 Å². The van der Waals surface area contributed by atoms with Crippen molar-refractivity contribution < 1.29 is 4.74 Å². The van der Waals surface area contributed by atoms with Gasteiger partial charge in [-0.05, 0) is 44.2 Å². The van der Waals surface area contributed by atoms with Crippen LogP contribution in [0.4, 0.5) is 0 Å². The summed E-state index contributed by atoms with van der Waals surface area (Å²) in [6, 6.07) is 16.4. The van der Waals surface area contributed by atoms with Crippen molar-refractivity contribution in [2.45, 2.75) is 26.3 Å². The molecule has 0 aliphatic heterocycles. The molecular formula is C19H23N3O. The first-order chi connectivity index (χ1) is 11.3. The Labute approximate surface area is 136 Å². The third kappa shape index (κ3) is 3.71. The highest BCUT2D eigenvalue weighted by Crippen LogP contribution is 2.18. The summed E-state index contributed by atoms with van der Waals surface area (Å²) in [6.07, 6.45) is 1.85. The minimum Gasteiger partial charge on any atom is -0.492 e. The van der Waals surface area contributed by atoms with Crippen LogP contribution in [-0.4, -0.2) is 22.7 Å². The second kappa shape index (κ2) is 7.29. The number of hydrogen-bond acceptors (Lipinski definition) is 3. The number of hydrogen-bond donors (Lipinski definition) is 1. The Hall–Kier alpha value is -2.33. The van der Waals surface area contributed by atoms with Crippen molar-refractivity contribution in [2.75, 3.05) is 13.2 Å². The SMILES string of the molecule is Cc1ccc(OCCn2c(CCCN)nc3ccccc32)cc1. The van der Waals surface area contributed by atoms with E-state index >= 15 is 0 Å². The molecule has 0 spiro atoms. The molecule has 1 heterocycles. The first kappa shape index (κ1) is 15.6. The molecule has 0 saturated carbocycles. The summed E-state index contributed by atoms with van der Waals surface area (Å²) in [5, 5.41) is 0. The number of aromatic nitrogens is 2. The van der Waals surface area contributed by atoms with Crippen molar-refractivity contribution in [1.82, 2.24) is 9.55 Å². The summed E-state index contributed by atoms with van der Waals surface area (Å²) in [7, 11) is 0. The molecule has 23 heavy (non-hydrogen) atoms. The number of fused-ring (bicyclic) bond motifs is 1. The van der Waals surface area contributed by atoms with E-state index in [4.69, 9.17) is 15.5 Å². The summed E-state index contributed by atoms with van der Waals surface area (Å²) in [5.41, 5.74) is 9.08. The van der Waals surface area contributed by atoms with E-state index in [0.29, 0.717) is 13.2 Å². The normalized spacial score (nSPS) is 11.0. The molecule has 0 atom stereocenters. The molecule has 0 aliphatic rings. The molecule has 0 amide bonds. The summed E-state index contributed by atoms with van der Waals surface area (Å²) in [6.45, 7) is 4.17. The van der Waals surface area contributed by atoms with Crippen LogP contribution in [0.3, 0.4) is 0 Å². The number of nitrogens with two attached hydrogens (primary N) is 1. The molecular weight excluding hydrogens is 286 g/mol. The molecule has 3 rings (SSSR count). The molecule has 4 nitrogen and oxygen atoms in total. The standard InChI is InChI=1S/C19H23N3O/c1-15-8-10-16(11-9-15)23-14-13-22-18-6-3-2-5-17(18)21-19(22)7-4-12-20/h2-3,5-6,8-11H,4,7,12-14,20H2,1H3. The van der Waals surface area contributed by atoms with Gasteiger partial charge in [-0.25, -0.2) is 4.98 Å². The lowest BCUT2D eigenvalue weighted by molar-refractivity contribution is 0.298. The highest BCUT2D eigenvalue weighted by molar-refractivity contribution is 5.75. The van der Waals surface area contributed by atoms with E-state index in [1.54, 1.807) is 0 Å².